The summed E-state index contributed by atoms with van der Waals surface area (Å²) in [7, 11) is 0. The molecule has 0 atom stereocenters. The van der Waals surface area contributed by atoms with Crippen LogP contribution in [0.2, 0.25) is 0 Å². The van der Waals surface area contributed by atoms with Crippen LogP contribution >= 0.6 is 0 Å². The second-order valence-electron chi connectivity index (χ2n) is 8.00. The molecule has 1 aromatic heterocycles. The number of rotatable bonds is 11. The van der Waals surface area contributed by atoms with E-state index in [1.807, 2.05) is 37.3 Å². The molecule has 0 aliphatic rings. The van der Waals surface area contributed by atoms with E-state index in [4.69, 9.17) is 9.47 Å². The van der Waals surface area contributed by atoms with Crippen molar-refractivity contribution in [2.75, 3.05) is 19.8 Å². The van der Waals surface area contributed by atoms with Crippen molar-refractivity contribution in [3.8, 4) is 5.75 Å². The topological polar surface area (TPSA) is 43.7 Å². The van der Waals surface area contributed by atoms with Crippen LogP contribution in [-0.4, -0.2) is 35.2 Å². The molecule has 0 N–H and O–H groups in total. The third kappa shape index (κ3) is 6.46. The number of hydrogen-bond acceptors (Lipinski definition) is 4. The van der Waals surface area contributed by atoms with Crippen LogP contribution < -0.4 is 4.74 Å². The maximum Gasteiger partial charge on any atom is 0.320 e. The predicted molar refractivity (Wildman–Crippen MR) is 131 cm³/mol. The molecule has 0 aliphatic heterocycles. The summed E-state index contributed by atoms with van der Waals surface area (Å²) in [6.07, 6.45) is 2.10. The molecule has 0 unspecified atom stereocenters. The lowest BCUT2D eigenvalue weighted by molar-refractivity contribution is -0.144. The number of ether oxygens (including phenoxy) is 2. The van der Waals surface area contributed by atoms with E-state index in [1.165, 1.54) is 10.9 Å². The van der Waals surface area contributed by atoms with Crippen molar-refractivity contribution in [2.45, 2.75) is 26.6 Å². The summed E-state index contributed by atoms with van der Waals surface area (Å²) in [4.78, 5) is 14.3. The molecule has 0 aliphatic carbocycles. The van der Waals surface area contributed by atoms with E-state index in [1.54, 1.807) is 0 Å². The van der Waals surface area contributed by atoms with Gasteiger partial charge in [-0.2, -0.15) is 0 Å². The predicted octanol–water partition coefficient (Wildman–Crippen LogP) is 5.29. The van der Waals surface area contributed by atoms with E-state index in [2.05, 4.69) is 70.3 Å². The number of benzene rings is 3. The summed E-state index contributed by atoms with van der Waals surface area (Å²) in [5.74, 6) is 0.625. The summed E-state index contributed by atoms with van der Waals surface area (Å²) in [5, 5.41) is 1.24. The number of carbonyl (C=O) groups excluding carboxylic acids is 1. The van der Waals surface area contributed by atoms with Crippen LogP contribution in [0.15, 0.2) is 91.1 Å². The summed E-state index contributed by atoms with van der Waals surface area (Å²) < 4.78 is 13.4. The average Bonchev–Trinajstić information content (AvgIpc) is 3.23. The number of hydrogen-bond donors (Lipinski definition) is 0. The largest absolute Gasteiger partial charge is 0.492 e. The molecule has 170 valence electrons. The van der Waals surface area contributed by atoms with Gasteiger partial charge in [0.25, 0.3) is 0 Å². The molecule has 1 heterocycles. The molecule has 0 amide bonds. The highest BCUT2D eigenvalue weighted by Crippen LogP contribution is 2.18. The highest BCUT2D eigenvalue weighted by molar-refractivity contribution is 5.79. The standard InChI is InChI=1S/C28H30N2O3/c1-2-32-28(31)22-29(20-23-9-4-3-5-10-23)21-24-11-8-13-26(19-24)33-18-17-30-16-15-25-12-6-7-14-27(25)30/h3-16,19H,2,17-18,20-22H2,1H3. The Morgan fingerprint density at radius 3 is 2.48 bits per heavy atom. The molecule has 3 aromatic carbocycles. The summed E-state index contributed by atoms with van der Waals surface area (Å²) >= 11 is 0. The lowest BCUT2D eigenvalue weighted by Crippen LogP contribution is -2.30. The first-order valence-corrected chi connectivity index (χ1v) is 11.4. The molecule has 0 bridgehead atoms. The molecule has 0 saturated heterocycles. The van der Waals surface area contributed by atoms with Gasteiger partial charge in [0.05, 0.1) is 19.7 Å². The van der Waals surface area contributed by atoms with Crippen molar-refractivity contribution in [3.05, 3.63) is 102 Å². The third-order valence-corrected chi connectivity index (χ3v) is 5.49. The minimum atomic E-state index is -0.209. The zero-order valence-corrected chi connectivity index (χ0v) is 19.0. The van der Waals surface area contributed by atoms with Crippen LogP contribution in [0.5, 0.6) is 5.75 Å². The Kier molecular flexibility index (Phi) is 7.77. The van der Waals surface area contributed by atoms with E-state index in [0.29, 0.717) is 26.3 Å². The van der Waals surface area contributed by atoms with Crippen molar-refractivity contribution in [1.82, 2.24) is 9.47 Å². The molecule has 0 saturated carbocycles. The quantitative estimate of drug-likeness (QED) is 0.296. The Bertz CT molecular complexity index is 1170. The van der Waals surface area contributed by atoms with Gasteiger partial charge < -0.3 is 14.0 Å². The zero-order chi connectivity index (χ0) is 22.9. The lowest BCUT2D eigenvalue weighted by atomic mass is 10.1. The molecule has 0 fully saturated rings. The van der Waals surface area contributed by atoms with Gasteiger partial charge in [-0.05, 0) is 47.7 Å². The van der Waals surface area contributed by atoms with Crippen molar-refractivity contribution in [3.63, 3.8) is 0 Å². The van der Waals surface area contributed by atoms with E-state index in [0.717, 1.165) is 23.4 Å². The Hall–Kier alpha value is -3.57. The van der Waals surface area contributed by atoms with E-state index in [-0.39, 0.29) is 12.5 Å². The first-order valence-electron chi connectivity index (χ1n) is 11.4. The van der Waals surface area contributed by atoms with Crippen LogP contribution in [-0.2, 0) is 29.2 Å². The molecule has 4 aromatic rings. The van der Waals surface area contributed by atoms with E-state index >= 15 is 0 Å². The van der Waals surface area contributed by atoms with Gasteiger partial charge in [-0.1, -0.05) is 60.7 Å². The molecular formula is C28H30N2O3. The van der Waals surface area contributed by atoms with Crippen LogP contribution in [0, 0.1) is 0 Å². The van der Waals surface area contributed by atoms with E-state index in [9.17, 15) is 4.79 Å². The number of para-hydroxylation sites is 1. The first-order chi connectivity index (χ1) is 16.2. The van der Waals surface area contributed by atoms with Crippen LogP contribution in [0.25, 0.3) is 10.9 Å². The Balaban J connectivity index is 1.38. The van der Waals surface area contributed by atoms with Crippen LogP contribution in [0.4, 0.5) is 0 Å². The minimum Gasteiger partial charge on any atom is -0.492 e. The van der Waals surface area contributed by atoms with Crippen molar-refractivity contribution in [2.24, 2.45) is 0 Å². The van der Waals surface area contributed by atoms with Crippen LogP contribution in [0.3, 0.4) is 0 Å². The molecule has 5 heteroatoms. The number of aromatic nitrogens is 1. The maximum absolute atomic E-state index is 12.2. The molecule has 5 nitrogen and oxygen atoms in total. The highest BCUT2D eigenvalue weighted by Gasteiger charge is 2.13. The van der Waals surface area contributed by atoms with Crippen molar-refractivity contribution >= 4 is 16.9 Å². The average molecular weight is 443 g/mol. The first kappa shape index (κ1) is 22.6. The molecule has 33 heavy (non-hydrogen) atoms. The summed E-state index contributed by atoms with van der Waals surface area (Å²) in [5.41, 5.74) is 3.47. The van der Waals surface area contributed by atoms with Crippen molar-refractivity contribution in [1.29, 1.82) is 0 Å². The van der Waals surface area contributed by atoms with Gasteiger partial charge in [0.1, 0.15) is 12.4 Å². The second kappa shape index (κ2) is 11.3. The fraction of sp³-hybridized carbons (Fsp3) is 0.250. The van der Waals surface area contributed by atoms with Gasteiger partial charge in [-0.25, -0.2) is 0 Å². The fourth-order valence-corrected chi connectivity index (χ4v) is 3.99. The SMILES string of the molecule is CCOC(=O)CN(Cc1ccccc1)Cc1cccc(OCCn2ccc3ccccc32)c1. The smallest absolute Gasteiger partial charge is 0.320 e. The maximum atomic E-state index is 12.2. The Morgan fingerprint density at radius 2 is 1.64 bits per heavy atom. The number of nitrogens with zero attached hydrogens (tertiary/aromatic N) is 2. The van der Waals surface area contributed by atoms with Gasteiger partial charge in [0.2, 0.25) is 0 Å². The number of carbonyl (C=O) groups is 1. The molecular weight excluding hydrogens is 412 g/mol. The lowest BCUT2D eigenvalue weighted by Gasteiger charge is -2.22. The monoisotopic (exact) mass is 442 g/mol. The molecule has 0 radical (unpaired) electrons. The van der Waals surface area contributed by atoms with Gasteiger partial charge in [0.15, 0.2) is 0 Å². The van der Waals surface area contributed by atoms with Crippen LogP contribution in [0.1, 0.15) is 18.1 Å². The number of esters is 1. The normalized spacial score (nSPS) is 11.1. The summed E-state index contributed by atoms with van der Waals surface area (Å²) in [6.45, 7) is 5.13. The number of fused-ring (bicyclic) bond motifs is 1. The van der Waals surface area contributed by atoms with E-state index < -0.39 is 0 Å². The summed E-state index contributed by atoms with van der Waals surface area (Å²) in [6, 6.07) is 28.7. The fourth-order valence-electron chi connectivity index (χ4n) is 3.99. The molecule has 0 spiro atoms. The zero-order valence-electron chi connectivity index (χ0n) is 19.0. The van der Waals surface area contributed by atoms with Gasteiger partial charge >= 0.3 is 5.97 Å². The Labute approximate surface area is 195 Å². The minimum absolute atomic E-state index is 0.209. The van der Waals surface area contributed by atoms with Gasteiger partial charge in [0, 0.05) is 24.8 Å². The van der Waals surface area contributed by atoms with Crippen molar-refractivity contribution < 1.29 is 14.3 Å². The Morgan fingerprint density at radius 1 is 0.879 bits per heavy atom. The highest BCUT2D eigenvalue weighted by atomic mass is 16.5. The second-order valence-corrected chi connectivity index (χ2v) is 8.00. The third-order valence-electron chi connectivity index (χ3n) is 5.49. The van der Waals surface area contributed by atoms with Gasteiger partial charge in [-0.3, -0.25) is 9.69 Å². The van der Waals surface area contributed by atoms with Gasteiger partial charge in [-0.15, -0.1) is 0 Å². The molecule has 4 rings (SSSR count).